The van der Waals surface area contributed by atoms with Crippen LogP contribution in [0.15, 0.2) is 66.6 Å². The molecule has 1 aliphatic carbocycles. The number of fused-ring (bicyclic) bond motifs is 3. The van der Waals surface area contributed by atoms with E-state index in [9.17, 15) is 19.5 Å². The first-order valence-corrected chi connectivity index (χ1v) is 12.0. The normalized spacial score (nSPS) is 12.8. The van der Waals surface area contributed by atoms with Crippen LogP contribution in [-0.4, -0.2) is 40.7 Å². The number of aromatic nitrogens is 1. The van der Waals surface area contributed by atoms with Crippen molar-refractivity contribution in [2.45, 2.75) is 31.3 Å². The lowest BCUT2D eigenvalue weighted by Crippen LogP contribution is -2.40. The number of hydrogen-bond donors (Lipinski definition) is 3. The number of aliphatic carboxylic acids is 1. The van der Waals surface area contributed by atoms with Gasteiger partial charge in [-0.3, -0.25) is 4.79 Å². The maximum Gasteiger partial charge on any atom is 0.407 e. The number of allylic oxidation sites excluding steroid dienone is 1. The molecule has 0 saturated carbocycles. The minimum Gasteiger partial charge on any atom is -0.480 e. The lowest BCUT2D eigenvalue weighted by molar-refractivity contribution is -0.139. The summed E-state index contributed by atoms with van der Waals surface area (Å²) in [6.07, 6.45) is 1.72. The third kappa shape index (κ3) is 5.58. The van der Waals surface area contributed by atoms with E-state index in [-0.39, 0.29) is 31.2 Å². The van der Waals surface area contributed by atoms with Gasteiger partial charge in [0, 0.05) is 11.3 Å². The molecule has 0 aliphatic heterocycles. The number of carboxylic acids is 1. The van der Waals surface area contributed by atoms with Gasteiger partial charge in [0.1, 0.15) is 23.4 Å². The van der Waals surface area contributed by atoms with Crippen molar-refractivity contribution in [1.29, 1.82) is 0 Å². The number of nitrogens with zero attached hydrogens (tertiary/aromatic N) is 1. The first kappa shape index (κ1) is 24.2. The smallest absolute Gasteiger partial charge is 0.407 e. The van der Waals surface area contributed by atoms with Crippen LogP contribution >= 0.6 is 11.3 Å². The highest BCUT2D eigenvalue weighted by Gasteiger charge is 2.29. The fourth-order valence-electron chi connectivity index (χ4n) is 4.07. The van der Waals surface area contributed by atoms with Gasteiger partial charge in [0.25, 0.3) is 5.91 Å². The zero-order valence-corrected chi connectivity index (χ0v) is 19.7. The van der Waals surface area contributed by atoms with Crippen molar-refractivity contribution in [2.75, 3.05) is 6.61 Å². The van der Waals surface area contributed by atoms with E-state index in [0.29, 0.717) is 11.4 Å². The Bertz CT molecular complexity index is 1210. The molecule has 0 radical (unpaired) electrons. The second-order valence-electron chi connectivity index (χ2n) is 8.04. The molecule has 1 heterocycles. The van der Waals surface area contributed by atoms with Crippen LogP contribution in [0.1, 0.15) is 45.4 Å². The Kier molecular flexibility index (Phi) is 7.57. The van der Waals surface area contributed by atoms with E-state index in [4.69, 9.17) is 4.74 Å². The Balaban J connectivity index is 1.30. The van der Waals surface area contributed by atoms with Crippen molar-refractivity contribution < 1.29 is 24.2 Å². The van der Waals surface area contributed by atoms with Gasteiger partial charge < -0.3 is 20.5 Å². The molecule has 0 bridgehead atoms. The van der Waals surface area contributed by atoms with Crippen molar-refractivity contribution in [3.63, 3.8) is 0 Å². The number of benzene rings is 2. The van der Waals surface area contributed by atoms with Gasteiger partial charge >= 0.3 is 12.1 Å². The number of amides is 2. The van der Waals surface area contributed by atoms with E-state index in [0.717, 1.165) is 22.3 Å². The van der Waals surface area contributed by atoms with Crippen LogP contribution in [0.3, 0.4) is 0 Å². The number of carbonyl (C=O) groups is 3. The van der Waals surface area contributed by atoms with Gasteiger partial charge in [0.15, 0.2) is 0 Å². The second kappa shape index (κ2) is 11.0. The summed E-state index contributed by atoms with van der Waals surface area (Å²) in [4.78, 5) is 40.2. The molecule has 1 unspecified atom stereocenters. The molecule has 4 rings (SSSR count). The highest BCUT2D eigenvalue weighted by molar-refractivity contribution is 7.09. The predicted octanol–water partition coefficient (Wildman–Crippen LogP) is 4.33. The van der Waals surface area contributed by atoms with E-state index < -0.39 is 24.0 Å². The Labute approximate surface area is 206 Å². The number of thiazole rings is 1. The minimum atomic E-state index is -1.12. The first-order valence-electron chi connectivity index (χ1n) is 11.2. The third-order valence-electron chi connectivity index (χ3n) is 5.77. The third-order valence-corrected chi connectivity index (χ3v) is 6.62. The van der Waals surface area contributed by atoms with Gasteiger partial charge in [-0.1, -0.05) is 54.6 Å². The van der Waals surface area contributed by atoms with Crippen LogP contribution in [0.5, 0.6) is 0 Å². The minimum absolute atomic E-state index is 0.0356. The summed E-state index contributed by atoms with van der Waals surface area (Å²) < 4.78 is 5.51. The quantitative estimate of drug-likeness (QED) is 0.363. The molecular formula is C26H25N3O5S. The van der Waals surface area contributed by atoms with Gasteiger partial charge in [-0.05, 0) is 35.1 Å². The van der Waals surface area contributed by atoms with E-state index >= 15 is 0 Å². The number of carboxylic acid groups (broad SMARTS) is 1. The van der Waals surface area contributed by atoms with Gasteiger partial charge in [-0.25, -0.2) is 14.6 Å². The molecule has 1 atom stereocenters. The molecule has 3 N–H and O–H groups in total. The van der Waals surface area contributed by atoms with E-state index in [2.05, 4.69) is 46.5 Å². The predicted molar refractivity (Wildman–Crippen MR) is 132 cm³/mol. The molecule has 35 heavy (non-hydrogen) atoms. The van der Waals surface area contributed by atoms with Crippen LogP contribution in [-0.2, 0) is 16.1 Å². The lowest BCUT2D eigenvalue weighted by atomic mass is 9.98. The highest BCUT2D eigenvalue weighted by atomic mass is 32.1. The van der Waals surface area contributed by atoms with Crippen LogP contribution in [0.2, 0.25) is 0 Å². The van der Waals surface area contributed by atoms with E-state index in [1.807, 2.05) is 24.3 Å². The molecule has 2 aromatic carbocycles. The number of alkyl carbamates (subject to hydrolysis) is 1. The zero-order chi connectivity index (χ0) is 24.8. The number of nitrogens with one attached hydrogen (secondary N) is 2. The van der Waals surface area contributed by atoms with E-state index in [1.54, 1.807) is 6.08 Å². The van der Waals surface area contributed by atoms with Crippen LogP contribution < -0.4 is 10.6 Å². The molecular weight excluding hydrogens is 466 g/mol. The maximum atomic E-state index is 12.4. The summed E-state index contributed by atoms with van der Waals surface area (Å²) in [7, 11) is 0. The molecule has 1 aromatic heterocycles. The molecule has 8 nitrogen and oxygen atoms in total. The molecule has 1 aliphatic rings. The Morgan fingerprint density at radius 2 is 1.77 bits per heavy atom. The maximum absolute atomic E-state index is 12.4. The monoisotopic (exact) mass is 491 g/mol. The summed E-state index contributed by atoms with van der Waals surface area (Å²) in [5.41, 5.74) is 4.67. The SMILES string of the molecule is C=CCCC(NC(=O)c1csc(CNC(=O)OCC2c3ccccc3-c3ccccc32)n1)C(=O)O. The lowest BCUT2D eigenvalue weighted by Gasteiger charge is -2.14. The zero-order valence-electron chi connectivity index (χ0n) is 18.9. The average molecular weight is 492 g/mol. The second-order valence-corrected chi connectivity index (χ2v) is 8.98. The molecule has 0 fully saturated rings. The van der Waals surface area contributed by atoms with Gasteiger partial charge in [-0.15, -0.1) is 17.9 Å². The summed E-state index contributed by atoms with van der Waals surface area (Å²) in [5, 5.41) is 16.4. The fraction of sp³-hybridized carbons (Fsp3) is 0.231. The number of ether oxygens (including phenoxy) is 1. The topological polar surface area (TPSA) is 118 Å². The van der Waals surface area contributed by atoms with Gasteiger partial charge in [-0.2, -0.15) is 0 Å². The molecule has 0 saturated heterocycles. The van der Waals surface area contributed by atoms with Crippen LogP contribution in [0.25, 0.3) is 11.1 Å². The van der Waals surface area contributed by atoms with Crippen LogP contribution in [0, 0.1) is 0 Å². The number of carbonyl (C=O) groups excluding carboxylic acids is 2. The summed E-state index contributed by atoms with van der Waals surface area (Å²) in [5.74, 6) is -1.73. The van der Waals surface area contributed by atoms with Crippen molar-refractivity contribution in [3.8, 4) is 11.1 Å². The first-order chi connectivity index (χ1) is 17.0. The molecule has 0 spiro atoms. The standard InChI is InChI=1S/C26H25N3O5S/c1-2-3-12-21(25(31)32)29-24(30)22-15-35-23(28-22)13-27-26(33)34-14-20-18-10-6-4-8-16(18)17-9-5-7-11-19(17)20/h2,4-11,15,20-21H,1,3,12-14H2,(H,27,33)(H,29,30)(H,31,32). The summed E-state index contributed by atoms with van der Waals surface area (Å²) in [6.45, 7) is 3.85. The van der Waals surface area contributed by atoms with Crippen molar-refractivity contribution >= 4 is 29.3 Å². The largest absolute Gasteiger partial charge is 0.480 e. The summed E-state index contributed by atoms with van der Waals surface area (Å²) >= 11 is 1.19. The molecule has 180 valence electrons. The molecule has 9 heteroatoms. The van der Waals surface area contributed by atoms with Crippen molar-refractivity contribution in [3.05, 3.63) is 88.4 Å². The van der Waals surface area contributed by atoms with Crippen LogP contribution in [0.4, 0.5) is 4.79 Å². The van der Waals surface area contributed by atoms with Crippen molar-refractivity contribution in [2.24, 2.45) is 0 Å². The van der Waals surface area contributed by atoms with Gasteiger partial charge in [0.2, 0.25) is 0 Å². The Morgan fingerprint density at radius 1 is 1.11 bits per heavy atom. The van der Waals surface area contributed by atoms with E-state index in [1.165, 1.54) is 16.7 Å². The fourth-order valence-corrected chi connectivity index (χ4v) is 4.78. The molecule has 2 amide bonds. The highest BCUT2D eigenvalue weighted by Crippen LogP contribution is 2.44. The van der Waals surface area contributed by atoms with Gasteiger partial charge in [0.05, 0.1) is 6.54 Å². The Morgan fingerprint density at radius 3 is 2.40 bits per heavy atom. The number of rotatable bonds is 10. The molecule has 3 aromatic rings. The Hall–Kier alpha value is -3.98. The summed E-state index contributed by atoms with van der Waals surface area (Å²) in [6, 6.07) is 15.2. The van der Waals surface area contributed by atoms with Crippen molar-refractivity contribution in [1.82, 2.24) is 15.6 Å². The average Bonchev–Trinajstić information content (AvgIpc) is 3.47. The number of hydrogen-bond acceptors (Lipinski definition) is 6.